The van der Waals surface area contributed by atoms with E-state index in [9.17, 15) is 26.5 Å². The van der Waals surface area contributed by atoms with Gasteiger partial charge in [0.1, 0.15) is 16.9 Å². The molecule has 3 N–H and O–H groups in total. The van der Waals surface area contributed by atoms with Crippen molar-refractivity contribution in [3.05, 3.63) is 112 Å². The Balaban J connectivity index is 0.948. The van der Waals surface area contributed by atoms with Gasteiger partial charge in [-0.25, -0.2) is 40.2 Å². The van der Waals surface area contributed by atoms with Crippen molar-refractivity contribution >= 4 is 82.3 Å². The number of nitrogens with zero attached hydrogens (tertiary/aromatic N) is 7. The van der Waals surface area contributed by atoms with E-state index in [2.05, 4.69) is 66.1 Å². The van der Waals surface area contributed by atoms with E-state index in [0.717, 1.165) is 80.4 Å². The monoisotopic (exact) mass is 970 g/mol. The molecule has 0 spiro atoms. The zero-order valence-corrected chi connectivity index (χ0v) is 39.8. The molecule has 3 aromatic carbocycles. The average Bonchev–Trinajstić information content (AvgIpc) is 3.94. The van der Waals surface area contributed by atoms with Crippen LogP contribution in [0.3, 0.4) is 0 Å². The molecule has 2 saturated heterocycles. The van der Waals surface area contributed by atoms with Crippen LogP contribution in [-0.4, -0.2) is 116 Å². The van der Waals surface area contributed by atoms with Crippen LogP contribution in [0.2, 0.25) is 5.02 Å². The zero-order valence-electron chi connectivity index (χ0n) is 37.4. The predicted molar refractivity (Wildman–Crippen MR) is 260 cm³/mol. The van der Waals surface area contributed by atoms with E-state index in [1.165, 1.54) is 33.1 Å². The molecule has 0 saturated carbocycles. The van der Waals surface area contributed by atoms with Gasteiger partial charge in [-0.15, -0.1) is 4.91 Å². The Bertz CT molecular complexity index is 3140. The van der Waals surface area contributed by atoms with Gasteiger partial charge in [-0.2, -0.15) is 0 Å². The van der Waals surface area contributed by atoms with E-state index in [-0.39, 0.29) is 54.8 Å². The van der Waals surface area contributed by atoms with E-state index in [0.29, 0.717) is 22.4 Å². The summed E-state index contributed by atoms with van der Waals surface area (Å²) in [4.78, 5) is 39.5. The van der Waals surface area contributed by atoms with Crippen molar-refractivity contribution in [1.82, 2.24) is 33.7 Å². The number of hydrogen-bond donors (Lipinski definition) is 3. The van der Waals surface area contributed by atoms with E-state index in [1.54, 1.807) is 23.1 Å². The van der Waals surface area contributed by atoms with E-state index in [4.69, 9.17) is 11.6 Å². The number of carbonyl (C=O) groups is 1. The molecule has 0 atom stereocenters. The predicted octanol–water partition coefficient (Wildman–Crippen LogP) is 8.03. The largest absolute Gasteiger partial charge is 0.380 e. The molecule has 1 amide bonds. The molecule has 0 radical (unpaired) electrons. The van der Waals surface area contributed by atoms with Gasteiger partial charge in [-0.3, -0.25) is 19.5 Å². The lowest BCUT2D eigenvalue weighted by atomic mass is 9.72. The van der Waals surface area contributed by atoms with Gasteiger partial charge in [0.15, 0.2) is 5.65 Å². The Hall–Kier alpha value is -5.73. The van der Waals surface area contributed by atoms with Crippen LogP contribution in [0.4, 0.5) is 21.5 Å². The first-order valence-electron chi connectivity index (χ1n) is 22.2. The fourth-order valence-corrected chi connectivity index (χ4v) is 11.4. The molecular weight excluding hydrogens is 919 g/mol. The second-order valence-electron chi connectivity index (χ2n) is 18.6. The Labute approximate surface area is 393 Å². The van der Waals surface area contributed by atoms with Crippen molar-refractivity contribution in [2.75, 3.05) is 68.8 Å². The summed E-state index contributed by atoms with van der Waals surface area (Å²) < 4.78 is 72.3. The number of hydrogen-bond acceptors (Lipinski definition) is 12. The van der Waals surface area contributed by atoms with Crippen LogP contribution < -0.4 is 14.9 Å². The van der Waals surface area contributed by atoms with Crippen LogP contribution in [-0.2, 0) is 20.0 Å². The van der Waals surface area contributed by atoms with Crippen LogP contribution in [0.25, 0.3) is 33.3 Å². The number of nitroso groups, excluding NO2 is 1. The Morgan fingerprint density at radius 1 is 0.925 bits per heavy atom. The highest BCUT2D eigenvalue weighted by molar-refractivity contribution is 7.90. The highest BCUT2D eigenvalue weighted by atomic mass is 35.5. The Kier molecular flexibility index (Phi) is 12.5. The molecule has 2 fully saturated rings. The third kappa shape index (κ3) is 9.97. The molecule has 9 rings (SSSR count). The number of carbonyl (C=O) groups excluding carboxylic acids is 1. The highest BCUT2D eigenvalue weighted by Crippen LogP contribution is 2.43. The standard InChI is InChI=1S/C47H52ClFN10O6S2/c1-46(2)14-12-33(38(27-46)31-4-6-34(48)7-5-31)29-56-20-22-57(23-21-56)35-8-10-37(42(25-35)59-43-24-32-13-17-50-44(32)53-41(43)28-52-59)45(60)55-67(64,65)36-9-11-39(40(26-36)54-61)51-30-47(49)15-18-58(19-16-47)66(3,62)63/h4-11,13,17,24-26,28,51-52H,12,14-16,18-23,27,29-30H2,1-3H3,(H,55,60). The number of rotatable bonds is 13. The molecule has 16 nitrogen and oxygen atoms in total. The fourth-order valence-electron chi connectivity index (χ4n) is 9.40. The van der Waals surface area contributed by atoms with E-state index in [1.807, 2.05) is 36.4 Å². The lowest BCUT2D eigenvalue weighted by Crippen LogP contribution is -2.47. The van der Waals surface area contributed by atoms with Gasteiger partial charge < -0.3 is 10.2 Å². The van der Waals surface area contributed by atoms with Crippen molar-refractivity contribution in [1.29, 1.82) is 0 Å². The molecule has 20 heteroatoms. The summed E-state index contributed by atoms with van der Waals surface area (Å²) in [5.74, 6) is -0.923. The van der Waals surface area contributed by atoms with Gasteiger partial charge in [-0.1, -0.05) is 43.2 Å². The van der Waals surface area contributed by atoms with Gasteiger partial charge in [0.2, 0.25) is 10.0 Å². The van der Waals surface area contributed by atoms with Gasteiger partial charge in [0.25, 0.3) is 15.9 Å². The molecule has 352 valence electrons. The number of fused-ring (bicyclic) bond motifs is 2. The summed E-state index contributed by atoms with van der Waals surface area (Å²) in [6.07, 6.45) is 7.46. The first-order chi connectivity index (χ1) is 31.9. The fraction of sp³-hybridized carbons (Fsp3) is 0.383. The first kappa shape index (κ1) is 46.4. The number of sulfonamides is 2. The molecule has 67 heavy (non-hydrogen) atoms. The minimum atomic E-state index is -4.58. The first-order valence-corrected chi connectivity index (χ1v) is 25.9. The summed E-state index contributed by atoms with van der Waals surface area (Å²) in [7, 11) is -8.04. The molecule has 2 aliphatic heterocycles. The molecule has 3 aliphatic rings. The number of benzene rings is 3. The summed E-state index contributed by atoms with van der Waals surface area (Å²) >= 11 is 6.26. The van der Waals surface area contributed by atoms with Crippen LogP contribution in [0.1, 0.15) is 61.9 Å². The molecule has 0 unspecified atom stereocenters. The molecule has 1 aliphatic carbocycles. The Morgan fingerprint density at radius 2 is 1.67 bits per heavy atom. The van der Waals surface area contributed by atoms with E-state index >= 15 is 4.39 Å². The minimum Gasteiger partial charge on any atom is -0.380 e. The van der Waals surface area contributed by atoms with Crippen molar-refractivity contribution in [2.45, 2.75) is 56.5 Å². The van der Waals surface area contributed by atoms with Crippen molar-refractivity contribution in [3.8, 4) is 5.69 Å². The van der Waals surface area contributed by atoms with Gasteiger partial charge in [0, 0.05) is 80.8 Å². The minimum absolute atomic E-state index is 0.00436. The number of anilines is 2. The highest BCUT2D eigenvalue weighted by Gasteiger charge is 2.37. The number of alkyl halides is 1. The lowest BCUT2D eigenvalue weighted by Gasteiger charge is -2.39. The van der Waals surface area contributed by atoms with Gasteiger partial charge in [-0.05, 0) is 114 Å². The van der Waals surface area contributed by atoms with Crippen LogP contribution >= 0.6 is 11.6 Å². The second-order valence-corrected chi connectivity index (χ2v) is 22.7. The topological polar surface area (TPSA) is 195 Å². The van der Waals surface area contributed by atoms with Gasteiger partial charge in [0.05, 0.1) is 33.6 Å². The quantitative estimate of drug-likeness (QED) is 0.0949. The number of allylic oxidation sites excluding steroid dienone is 1. The summed E-state index contributed by atoms with van der Waals surface area (Å²) in [5, 5.41) is 10.5. The molecule has 0 bridgehead atoms. The molecule has 3 aromatic heterocycles. The number of halogens is 2. The number of pyridine rings is 1. The smallest absolute Gasteiger partial charge is 0.267 e. The number of amides is 1. The zero-order chi connectivity index (χ0) is 47.3. The van der Waals surface area contributed by atoms with Crippen LogP contribution in [0.15, 0.2) is 101 Å². The molecular formula is C47H52ClFN10O6S2. The normalized spacial score (nSPS) is 18.4. The second kappa shape index (κ2) is 18.1. The van der Waals surface area contributed by atoms with E-state index < -0.39 is 36.5 Å². The number of piperazine rings is 1. The summed E-state index contributed by atoms with van der Waals surface area (Å²) in [6.45, 7) is 8.34. The van der Waals surface area contributed by atoms with Crippen LogP contribution in [0.5, 0.6) is 0 Å². The van der Waals surface area contributed by atoms with Crippen molar-refractivity contribution < 1.29 is 26.0 Å². The van der Waals surface area contributed by atoms with Crippen LogP contribution in [0, 0.1) is 10.3 Å². The van der Waals surface area contributed by atoms with Gasteiger partial charge >= 0.3 is 0 Å². The Morgan fingerprint density at radius 3 is 2.39 bits per heavy atom. The summed E-state index contributed by atoms with van der Waals surface area (Å²) in [5.41, 5.74) is 5.34. The SMILES string of the molecule is CC1(C)CCC(CN2CCN(c3ccc(C(=O)NS(=O)(=O)c4ccc(NCC5(F)CCN(S(C)(=O)=O)CC5)c(N=O)c4)c(-n4[nH]cc5nc6nccc6cc54)c3)CC2)=C(c2ccc(Cl)cc2)C1. The maximum Gasteiger partial charge on any atom is 0.267 e. The molecule has 5 heterocycles. The number of aromatic nitrogens is 4. The lowest BCUT2D eigenvalue weighted by molar-refractivity contribution is 0.0980. The van der Waals surface area contributed by atoms with Crippen molar-refractivity contribution in [3.63, 3.8) is 0 Å². The maximum atomic E-state index is 15.7. The maximum absolute atomic E-state index is 15.7. The molecule has 6 aromatic rings. The number of piperidine rings is 1. The number of aromatic amines is 1. The third-order valence-corrected chi connectivity index (χ3v) is 16.2. The average molecular weight is 972 g/mol. The third-order valence-electron chi connectivity index (χ3n) is 13.3. The number of H-pyrrole nitrogens is 1. The number of nitrogens with one attached hydrogen (secondary N) is 3. The van der Waals surface area contributed by atoms with Crippen molar-refractivity contribution in [2.24, 2.45) is 10.6 Å². The summed E-state index contributed by atoms with van der Waals surface area (Å²) in [6, 6.07) is 20.6.